The number of hydrogen-bond donors (Lipinski definition) is 0. The summed E-state index contributed by atoms with van der Waals surface area (Å²) in [6, 6.07) is 0. The van der Waals surface area contributed by atoms with E-state index in [9.17, 15) is 9.18 Å². The zero-order valence-electron chi connectivity index (χ0n) is 10.2. The van der Waals surface area contributed by atoms with Crippen molar-refractivity contribution in [1.29, 1.82) is 0 Å². The topological polar surface area (TPSA) is 29.5 Å². The van der Waals surface area contributed by atoms with Gasteiger partial charge in [0.2, 0.25) is 5.83 Å². The third-order valence-electron chi connectivity index (χ3n) is 3.21. The molecule has 0 unspecified atom stereocenters. The second kappa shape index (κ2) is 5.34. The fourth-order valence-corrected chi connectivity index (χ4v) is 2.42. The van der Waals surface area contributed by atoms with Gasteiger partial charge in [0, 0.05) is 24.4 Å². The maximum atomic E-state index is 13.9. The Labute approximate surface area is 101 Å². The number of hydrogen-bond acceptors (Lipinski definition) is 3. The number of allylic oxidation sites excluding steroid dienone is 2. The van der Waals surface area contributed by atoms with Gasteiger partial charge in [0.05, 0.1) is 6.61 Å². The van der Waals surface area contributed by atoms with Gasteiger partial charge in [-0.05, 0) is 32.6 Å². The summed E-state index contributed by atoms with van der Waals surface area (Å²) in [5.74, 6) is -1.53. The fraction of sp³-hybridized carbons (Fsp3) is 0.615. The van der Waals surface area contributed by atoms with Gasteiger partial charge in [0.1, 0.15) is 0 Å². The minimum Gasteiger partial charge on any atom is -0.461 e. The molecule has 0 bridgehead atoms. The monoisotopic (exact) mass is 239 g/mol. The summed E-state index contributed by atoms with van der Waals surface area (Å²) in [6.45, 7) is 3.82. The number of nitrogens with zero attached hydrogens (tertiary/aromatic N) is 1. The smallest absolute Gasteiger partial charge is 0.367 e. The first kappa shape index (κ1) is 12.1. The molecule has 0 aromatic carbocycles. The molecule has 0 aromatic rings. The summed E-state index contributed by atoms with van der Waals surface area (Å²) in [7, 11) is 0. The van der Waals surface area contributed by atoms with Gasteiger partial charge < -0.3 is 9.64 Å². The van der Waals surface area contributed by atoms with Crippen molar-refractivity contribution in [2.75, 3.05) is 19.7 Å². The molecule has 0 N–H and O–H groups in total. The first-order chi connectivity index (χ1) is 8.24. The average molecular weight is 239 g/mol. The second-order valence-electron chi connectivity index (χ2n) is 4.34. The number of likely N-dealkylation sites (tertiary alicyclic amines) is 1. The molecule has 4 heteroatoms. The molecule has 1 fully saturated rings. The zero-order valence-corrected chi connectivity index (χ0v) is 10.2. The van der Waals surface area contributed by atoms with Crippen LogP contribution in [0.25, 0.3) is 0 Å². The molecule has 3 nitrogen and oxygen atoms in total. The summed E-state index contributed by atoms with van der Waals surface area (Å²) in [5, 5.41) is 0. The van der Waals surface area contributed by atoms with Crippen LogP contribution in [0.3, 0.4) is 0 Å². The van der Waals surface area contributed by atoms with Gasteiger partial charge in [0.25, 0.3) is 0 Å². The predicted molar refractivity (Wildman–Crippen MR) is 62.9 cm³/mol. The van der Waals surface area contributed by atoms with Crippen LogP contribution in [0.15, 0.2) is 23.2 Å². The van der Waals surface area contributed by atoms with Crippen molar-refractivity contribution in [3.8, 4) is 0 Å². The lowest BCUT2D eigenvalue weighted by atomic mass is 10.1. The van der Waals surface area contributed by atoms with E-state index in [1.165, 1.54) is 0 Å². The van der Waals surface area contributed by atoms with E-state index in [4.69, 9.17) is 4.74 Å². The highest BCUT2D eigenvalue weighted by atomic mass is 19.1. The van der Waals surface area contributed by atoms with E-state index < -0.39 is 11.8 Å². The largest absolute Gasteiger partial charge is 0.461 e. The molecule has 1 aliphatic heterocycles. The van der Waals surface area contributed by atoms with Crippen molar-refractivity contribution >= 4 is 5.97 Å². The van der Waals surface area contributed by atoms with Crippen LogP contribution in [0, 0.1) is 0 Å². The number of ether oxygens (including phenoxy) is 1. The van der Waals surface area contributed by atoms with E-state index in [1.807, 2.05) is 6.08 Å². The molecular formula is C13H18FNO2. The molecule has 0 aromatic heterocycles. The minimum atomic E-state index is -0.825. The Hall–Kier alpha value is -1.32. The van der Waals surface area contributed by atoms with Crippen LogP contribution in [0.5, 0.6) is 0 Å². The van der Waals surface area contributed by atoms with E-state index in [0.717, 1.165) is 38.0 Å². The molecule has 2 aliphatic rings. The molecule has 0 radical (unpaired) electrons. The predicted octanol–water partition coefficient (Wildman–Crippen LogP) is 2.55. The van der Waals surface area contributed by atoms with Crippen LogP contribution >= 0.6 is 0 Å². The molecule has 17 heavy (non-hydrogen) atoms. The van der Waals surface area contributed by atoms with Crippen molar-refractivity contribution in [3.63, 3.8) is 0 Å². The molecule has 94 valence electrons. The summed E-state index contributed by atoms with van der Waals surface area (Å²) in [6.07, 6.45) is 5.74. The lowest BCUT2D eigenvalue weighted by Gasteiger charge is -2.20. The molecule has 0 amide bonds. The summed E-state index contributed by atoms with van der Waals surface area (Å²) >= 11 is 0. The molecule has 1 heterocycles. The van der Waals surface area contributed by atoms with Gasteiger partial charge in [-0.2, -0.15) is 4.39 Å². The van der Waals surface area contributed by atoms with E-state index in [2.05, 4.69) is 4.90 Å². The maximum absolute atomic E-state index is 13.9. The van der Waals surface area contributed by atoms with Crippen LogP contribution < -0.4 is 0 Å². The lowest BCUT2D eigenvalue weighted by molar-refractivity contribution is -0.140. The van der Waals surface area contributed by atoms with Gasteiger partial charge in [-0.25, -0.2) is 4.79 Å². The normalized spacial score (nSPS) is 22.7. The third kappa shape index (κ3) is 2.51. The molecule has 2 rings (SSSR count). The molecule has 0 saturated carbocycles. The van der Waals surface area contributed by atoms with Crippen molar-refractivity contribution in [1.82, 2.24) is 4.90 Å². The maximum Gasteiger partial charge on any atom is 0.367 e. The Morgan fingerprint density at radius 1 is 1.47 bits per heavy atom. The summed E-state index contributed by atoms with van der Waals surface area (Å²) in [4.78, 5) is 13.6. The lowest BCUT2D eigenvalue weighted by Crippen LogP contribution is -2.20. The van der Waals surface area contributed by atoms with Crippen LogP contribution in [0.2, 0.25) is 0 Å². The Kier molecular flexibility index (Phi) is 3.82. The van der Waals surface area contributed by atoms with Crippen LogP contribution in [-0.4, -0.2) is 30.6 Å². The van der Waals surface area contributed by atoms with Gasteiger partial charge in [-0.15, -0.1) is 0 Å². The summed E-state index contributed by atoms with van der Waals surface area (Å²) < 4.78 is 18.6. The first-order valence-electron chi connectivity index (χ1n) is 6.25. The van der Waals surface area contributed by atoms with Gasteiger partial charge in [-0.1, -0.05) is 6.08 Å². The highest BCUT2D eigenvalue weighted by Crippen LogP contribution is 2.33. The molecule has 0 spiro atoms. The van der Waals surface area contributed by atoms with E-state index in [0.29, 0.717) is 12.0 Å². The first-order valence-corrected chi connectivity index (χ1v) is 6.25. The molecule has 1 saturated heterocycles. The molecular weight excluding hydrogens is 221 g/mol. The van der Waals surface area contributed by atoms with E-state index in [1.54, 1.807) is 6.92 Å². The fourth-order valence-electron chi connectivity index (χ4n) is 2.42. The van der Waals surface area contributed by atoms with E-state index in [-0.39, 0.29) is 6.61 Å². The quantitative estimate of drug-likeness (QED) is 0.560. The number of carbonyl (C=O) groups is 1. The highest BCUT2D eigenvalue weighted by Gasteiger charge is 2.27. The Morgan fingerprint density at radius 3 is 2.82 bits per heavy atom. The minimum absolute atomic E-state index is 0.211. The number of carbonyl (C=O) groups excluding carboxylic acids is 1. The standard InChI is InChI=1S/C13H18FNO2/c1-2-17-13(16)12(14)10-6-5-7-11(10)15-8-3-4-9-15/h7H,2-6,8-9H2,1H3/b12-10-. The van der Waals surface area contributed by atoms with Crippen LogP contribution in [0.4, 0.5) is 4.39 Å². The van der Waals surface area contributed by atoms with Gasteiger partial charge in [0.15, 0.2) is 0 Å². The van der Waals surface area contributed by atoms with Crippen molar-refractivity contribution in [3.05, 3.63) is 23.2 Å². The van der Waals surface area contributed by atoms with Gasteiger partial charge >= 0.3 is 5.97 Å². The number of halogens is 1. The molecule has 0 atom stereocenters. The highest BCUT2D eigenvalue weighted by molar-refractivity contribution is 5.88. The van der Waals surface area contributed by atoms with Crippen molar-refractivity contribution in [2.24, 2.45) is 0 Å². The van der Waals surface area contributed by atoms with Crippen LogP contribution in [0.1, 0.15) is 32.6 Å². The van der Waals surface area contributed by atoms with Crippen molar-refractivity contribution < 1.29 is 13.9 Å². The van der Waals surface area contributed by atoms with Crippen molar-refractivity contribution in [2.45, 2.75) is 32.6 Å². The van der Waals surface area contributed by atoms with Gasteiger partial charge in [-0.3, -0.25) is 0 Å². The SMILES string of the molecule is CCOC(=O)/C(F)=C1\CCC=C1N1CCCC1. The second-order valence-corrected chi connectivity index (χ2v) is 4.34. The Balaban J connectivity index is 2.16. The van der Waals surface area contributed by atoms with Crippen LogP contribution in [-0.2, 0) is 9.53 Å². The van der Waals surface area contributed by atoms with E-state index >= 15 is 0 Å². The average Bonchev–Trinajstić information content (AvgIpc) is 2.98. The number of rotatable bonds is 3. The number of esters is 1. The summed E-state index contributed by atoms with van der Waals surface area (Å²) in [5.41, 5.74) is 1.44. The molecule has 1 aliphatic carbocycles. The Morgan fingerprint density at radius 2 is 2.18 bits per heavy atom. The Bertz CT molecular complexity index is 368. The third-order valence-corrected chi connectivity index (χ3v) is 3.21. The zero-order chi connectivity index (χ0) is 12.3.